The molecule has 2 aromatic carbocycles. The molecule has 4 rings (SSSR count). The van der Waals surface area contributed by atoms with Crippen LogP contribution in [0.25, 0.3) is 11.0 Å². The highest BCUT2D eigenvalue weighted by Gasteiger charge is 2.29. The number of aryl methyl sites for hydroxylation is 1. The molecular formula is C23H23FN2O4. The van der Waals surface area contributed by atoms with Gasteiger partial charge < -0.3 is 19.0 Å². The van der Waals surface area contributed by atoms with E-state index in [0.29, 0.717) is 42.9 Å². The van der Waals surface area contributed by atoms with E-state index in [1.807, 2.05) is 24.3 Å². The number of para-hydroxylation sites is 1. The number of benzene rings is 2. The predicted molar refractivity (Wildman–Crippen MR) is 110 cm³/mol. The smallest absolute Gasteiger partial charge is 0.290 e. The number of carbonyl (C=O) groups is 2. The topological polar surface area (TPSA) is 63.0 Å². The van der Waals surface area contributed by atoms with Crippen LogP contribution in [0, 0.1) is 12.7 Å². The third-order valence-corrected chi connectivity index (χ3v) is 5.45. The van der Waals surface area contributed by atoms with Gasteiger partial charge in [-0.15, -0.1) is 0 Å². The molecule has 0 bridgehead atoms. The lowest BCUT2D eigenvalue weighted by atomic mass is 10.1. The van der Waals surface area contributed by atoms with Crippen molar-refractivity contribution in [1.82, 2.24) is 9.80 Å². The van der Waals surface area contributed by atoms with Crippen LogP contribution in [0.3, 0.4) is 0 Å². The van der Waals surface area contributed by atoms with Crippen molar-refractivity contribution in [3.8, 4) is 0 Å². The zero-order valence-corrected chi connectivity index (χ0v) is 17.0. The first-order chi connectivity index (χ1) is 14.5. The van der Waals surface area contributed by atoms with Gasteiger partial charge in [-0.1, -0.05) is 24.3 Å². The van der Waals surface area contributed by atoms with Crippen molar-refractivity contribution in [2.45, 2.75) is 13.5 Å². The van der Waals surface area contributed by atoms with Gasteiger partial charge in [0.15, 0.2) is 5.76 Å². The van der Waals surface area contributed by atoms with Crippen molar-refractivity contribution in [1.29, 1.82) is 0 Å². The highest BCUT2D eigenvalue weighted by Crippen LogP contribution is 2.28. The predicted octanol–water partition coefficient (Wildman–Crippen LogP) is 3.62. The Bertz CT molecular complexity index is 1100. The van der Waals surface area contributed by atoms with E-state index < -0.39 is 5.82 Å². The Labute approximate surface area is 173 Å². The molecule has 7 heteroatoms. The van der Waals surface area contributed by atoms with Gasteiger partial charge in [0.05, 0.1) is 6.61 Å². The molecule has 1 aromatic heterocycles. The Balaban J connectivity index is 1.48. The van der Waals surface area contributed by atoms with E-state index in [2.05, 4.69) is 0 Å². The van der Waals surface area contributed by atoms with Gasteiger partial charge in [-0.25, -0.2) is 4.39 Å². The highest BCUT2D eigenvalue weighted by atomic mass is 19.1. The molecule has 2 heterocycles. The number of rotatable bonds is 4. The van der Waals surface area contributed by atoms with Crippen LogP contribution in [0.1, 0.15) is 32.0 Å². The van der Waals surface area contributed by atoms with Crippen LogP contribution in [-0.4, -0.2) is 54.9 Å². The van der Waals surface area contributed by atoms with E-state index in [1.54, 1.807) is 36.0 Å². The van der Waals surface area contributed by atoms with Crippen LogP contribution >= 0.6 is 0 Å². The fourth-order valence-corrected chi connectivity index (χ4v) is 3.72. The summed E-state index contributed by atoms with van der Waals surface area (Å²) in [4.78, 5) is 29.1. The molecule has 0 atom stereocenters. The van der Waals surface area contributed by atoms with Gasteiger partial charge in [-0.05, 0) is 30.7 Å². The van der Waals surface area contributed by atoms with Gasteiger partial charge in [0.1, 0.15) is 11.4 Å². The van der Waals surface area contributed by atoms with Gasteiger partial charge in [-0.3, -0.25) is 9.59 Å². The fourth-order valence-electron chi connectivity index (χ4n) is 3.72. The molecule has 1 aliphatic rings. The second-order valence-corrected chi connectivity index (χ2v) is 7.39. The van der Waals surface area contributed by atoms with Crippen LogP contribution < -0.4 is 0 Å². The number of hydrogen-bond acceptors (Lipinski definition) is 4. The van der Waals surface area contributed by atoms with Crippen LogP contribution in [0.5, 0.6) is 0 Å². The average molecular weight is 410 g/mol. The van der Waals surface area contributed by atoms with Crippen molar-refractivity contribution in [2.24, 2.45) is 0 Å². The summed E-state index contributed by atoms with van der Waals surface area (Å²) in [5, 5.41) is 0.859. The zero-order chi connectivity index (χ0) is 21.3. The van der Waals surface area contributed by atoms with Gasteiger partial charge in [0.2, 0.25) is 0 Å². The molecule has 156 valence electrons. The average Bonchev–Trinajstić information content (AvgIpc) is 3.13. The van der Waals surface area contributed by atoms with E-state index in [9.17, 15) is 14.0 Å². The van der Waals surface area contributed by atoms with Crippen LogP contribution in [0.4, 0.5) is 4.39 Å². The van der Waals surface area contributed by atoms with Crippen LogP contribution in [-0.2, 0) is 11.3 Å². The summed E-state index contributed by atoms with van der Waals surface area (Å²) in [6.07, 6.45) is 0. The summed E-state index contributed by atoms with van der Waals surface area (Å²) in [5.74, 6) is -0.569. The summed E-state index contributed by atoms with van der Waals surface area (Å²) in [5.41, 5.74) is 2.19. The maximum Gasteiger partial charge on any atom is 0.290 e. The quantitative estimate of drug-likeness (QED) is 0.659. The first-order valence-electron chi connectivity index (χ1n) is 9.83. The van der Waals surface area contributed by atoms with Crippen molar-refractivity contribution < 1.29 is 23.1 Å². The second kappa shape index (κ2) is 8.28. The number of fused-ring (bicyclic) bond motifs is 1. The first-order valence-corrected chi connectivity index (χ1v) is 9.83. The molecule has 1 saturated heterocycles. The summed E-state index contributed by atoms with van der Waals surface area (Å²) >= 11 is 0. The van der Waals surface area contributed by atoms with Crippen LogP contribution in [0.2, 0.25) is 0 Å². The van der Waals surface area contributed by atoms with Gasteiger partial charge in [0.25, 0.3) is 11.8 Å². The maximum absolute atomic E-state index is 13.8. The minimum Gasteiger partial charge on any atom is -0.451 e. The molecule has 0 spiro atoms. The lowest BCUT2D eigenvalue weighted by molar-refractivity contribution is 0.0516. The number of amides is 2. The third kappa shape index (κ3) is 3.68. The molecule has 0 unspecified atom stereocenters. The minimum absolute atomic E-state index is 0.216. The van der Waals surface area contributed by atoms with Crippen molar-refractivity contribution >= 4 is 22.8 Å². The molecule has 0 radical (unpaired) electrons. The van der Waals surface area contributed by atoms with Gasteiger partial charge >= 0.3 is 0 Å². The number of nitrogens with zero attached hydrogens (tertiary/aromatic N) is 2. The number of ether oxygens (including phenoxy) is 1. The molecule has 1 fully saturated rings. The molecule has 0 N–H and O–H groups in total. The fraction of sp³-hybridized carbons (Fsp3) is 0.304. The third-order valence-electron chi connectivity index (χ3n) is 5.45. The lowest BCUT2D eigenvalue weighted by Gasteiger charge is -2.34. The monoisotopic (exact) mass is 410 g/mol. The van der Waals surface area contributed by atoms with Gasteiger partial charge in [0, 0.05) is 49.8 Å². The van der Waals surface area contributed by atoms with E-state index in [0.717, 1.165) is 10.9 Å². The second-order valence-electron chi connectivity index (χ2n) is 7.39. The summed E-state index contributed by atoms with van der Waals surface area (Å²) in [6.45, 7) is 3.43. The van der Waals surface area contributed by atoms with E-state index in [1.165, 1.54) is 6.07 Å². The summed E-state index contributed by atoms with van der Waals surface area (Å²) in [7, 11) is 1.58. The SMILES string of the molecule is COCc1c(C(=O)N2CCN(C(=O)c3ccc(C)c(F)c3)CC2)oc2ccccc12. The molecule has 3 aromatic rings. The largest absolute Gasteiger partial charge is 0.451 e. The molecule has 2 amide bonds. The number of halogens is 1. The highest BCUT2D eigenvalue weighted by molar-refractivity contribution is 5.99. The van der Waals surface area contributed by atoms with Crippen molar-refractivity contribution in [3.63, 3.8) is 0 Å². The zero-order valence-electron chi connectivity index (χ0n) is 17.0. The van der Waals surface area contributed by atoms with E-state index >= 15 is 0 Å². The number of piperazine rings is 1. The Morgan fingerprint density at radius 1 is 1.03 bits per heavy atom. The Kier molecular flexibility index (Phi) is 5.55. The Hall–Kier alpha value is -3.19. The van der Waals surface area contributed by atoms with Gasteiger partial charge in [-0.2, -0.15) is 0 Å². The normalized spacial score (nSPS) is 14.4. The standard InChI is InChI=1S/C23H23FN2O4/c1-15-7-8-16(13-19(15)24)22(27)25-9-11-26(12-10-25)23(28)21-18(14-29-2)17-5-3-4-6-20(17)30-21/h3-8,13H,9-12,14H2,1-2H3. The molecule has 30 heavy (non-hydrogen) atoms. The number of hydrogen-bond donors (Lipinski definition) is 0. The molecule has 1 aliphatic heterocycles. The number of methoxy groups -OCH3 is 1. The summed E-state index contributed by atoms with van der Waals surface area (Å²) in [6, 6.07) is 12.0. The summed E-state index contributed by atoms with van der Waals surface area (Å²) < 4.78 is 24.9. The first kappa shape index (κ1) is 20.1. The minimum atomic E-state index is -0.398. The molecule has 6 nitrogen and oxygen atoms in total. The maximum atomic E-state index is 13.8. The van der Waals surface area contributed by atoms with E-state index in [-0.39, 0.29) is 24.2 Å². The molecular weight excluding hydrogens is 387 g/mol. The van der Waals surface area contributed by atoms with Crippen LogP contribution in [0.15, 0.2) is 46.9 Å². The van der Waals surface area contributed by atoms with Crippen molar-refractivity contribution in [2.75, 3.05) is 33.3 Å². The lowest BCUT2D eigenvalue weighted by Crippen LogP contribution is -2.50. The Morgan fingerprint density at radius 2 is 1.70 bits per heavy atom. The molecule has 0 aliphatic carbocycles. The molecule has 0 saturated carbocycles. The number of furan rings is 1. The van der Waals surface area contributed by atoms with Crippen molar-refractivity contribution in [3.05, 3.63) is 70.7 Å². The number of carbonyl (C=O) groups excluding carboxylic acids is 2. The van der Waals surface area contributed by atoms with E-state index in [4.69, 9.17) is 9.15 Å². The Morgan fingerprint density at radius 3 is 2.37 bits per heavy atom.